The van der Waals surface area contributed by atoms with Crippen LogP contribution in [-0.2, 0) is 19.5 Å². The van der Waals surface area contributed by atoms with Crippen molar-refractivity contribution in [2.45, 2.75) is 32.9 Å². The number of hydrogen-bond donors (Lipinski definition) is 0. The van der Waals surface area contributed by atoms with Crippen LogP contribution >= 0.6 is 0 Å². The molecule has 0 bridgehead atoms. The molecule has 0 atom stereocenters. The molecule has 4 aromatic rings. The number of fused-ring (bicyclic) bond motifs is 2. The highest BCUT2D eigenvalue weighted by Gasteiger charge is 2.25. The second-order valence-electron chi connectivity index (χ2n) is 7.29. The summed E-state index contributed by atoms with van der Waals surface area (Å²) in [6, 6.07) is 14.8. The molecule has 0 radical (unpaired) electrons. The van der Waals surface area contributed by atoms with Crippen molar-refractivity contribution in [3.8, 4) is 11.3 Å². The first-order valence-corrected chi connectivity index (χ1v) is 9.70. The summed E-state index contributed by atoms with van der Waals surface area (Å²) in [5.41, 5.74) is 3.35. The van der Waals surface area contributed by atoms with Crippen LogP contribution in [0.5, 0.6) is 0 Å². The second kappa shape index (κ2) is 7.16. The molecular weight excluding hydrogens is 352 g/mol. The molecular formula is C21H22N6O. The van der Waals surface area contributed by atoms with Crippen molar-refractivity contribution in [3.63, 3.8) is 0 Å². The highest BCUT2D eigenvalue weighted by atomic mass is 16.5. The summed E-state index contributed by atoms with van der Waals surface area (Å²) in [5.74, 6) is 1.88. The molecule has 1 aliphatic heterocycles. The third-order valence-corrected chi connectivity index (χ3v) is 5.51. The monoisotopic (exact) mass is 374 g/mol. The molecule has 1 aliphatic rings. The van der Waals surface area contributed by atoms with E-state index in [0.29, 0.717) is 0 Å². The zero-order chi connectivity index (χ0) is 18.9. The number of aromatic nitrogens is 5. The maximum atomic E-state index is 5.71. The van der Waals surface area contributed by atoms with Crippen LogP contribution in [-0.4, -0.2) is 43.4 Å². The minimum Gasteiger partial charge on any atom is -0.360 e. The summed E-state index contributed by atoms with van der Waals surface area (Å²) < 4.78 is 7.57. The van der Waals surface area contributed by atoms with Gasteiger partial charge in [0.05, 0.1) is 0 Å². The van der Waals surface area contributed by atoms with Crippen LogP contribution in [0.3, 0.4) is 0 Å². The summed E-state index contributed by atoms with van der Waals surface area (Å²) in [7, 11) is 0. The number of tetrazole rings is 1. The zero-order valence-electron chi connectivity index (χ0n) is 15.9. The summed E-state index contributed by atoms with van der Waals surface area (Å²) in [4.78, 5) is 2.47. The summed E-state index contributed by atoms with van der Waals surface area (Å²) in [6.07, 6.45) is 1.91. The third kappa shape index (κ3) is 3.07. The first-order chi connectivity index (χ1) is 13.8. The van der Waals surface area contributed by atoms with E-state index in [-0.39, 0.29) is 0 Å². The molecule has 3 heterocycles. The van der Waals surface area contributed by atoms with E-state index in [1.807, 2.05) is 11.6 Å². The van der Waals surface area contributed by atoms with Crippen LogP contribution in [0.2, 0.25) is 0 Å². The highest BCUT2D eigenvalue weighted by Crippen LogP contribution is 2.34. The summed E-state index contributed by atoms with van der Waals surface area (Å²) in [6.45, 7) is 5.62. The fourth-order valence-electron chi connectivity index (χ4n) is 4.00. The van der Waals surface area contributed by atoms with Crippen LogP contribution in [0.25, 0.3) is 22.0 Å². The Morgan fingerprint density at radius 2 is 1.96 bits per heavy atom. The normalized spacial score (nSPS) is 14.5. The fourth-order valence-corrected chi connectivity index (χ4v) is 4.00. The van der Waals surface area contributed by atoms with Crippen LogP contribution in [0, 0.1) is 6.92 Å². The van der Waals surface area contributed by atoms with E-state index in [1.165, 1.54) is 16.3 Å². The first kappa shape index (κ1) is 17.1. The fraction of sp³-hybridized carbons (Fsp3) is 0.333. The van der Waals surface area contributed by atoms with Crippen molar-refractivity contribution in [1.82, 2.24) is 30.3 Å². The van der Waals surface area contributed by atoms with Gasteiger partial charge in [-0.15, -0.1) is 5.10 Å². The molecule has 0 unspecified atom stereocenters. The highest BCUT2D eigenvalue weighted by molar-refractivity contribution is 5.96. The van der Waals surface area contributed by atoms with E-state index in [0.717, 1.165) is 61.9 Å². The smallest absolute Gasteiger partial charge is 0.148 e. The Balaban J connectivity index is 1.36. The number of hydrogen-bond acceptors (Lipinski definition) is 6. The Bertz CT molecular complexity index is 1110. The Hall–Kier alpha value is -3.06. The molecule has 2 aromatic heterocycles. The van der Waals surface area contributed by atoms with E-state index in [1.54, 1.807) is 0 Å². The summed E-state index contributed by atoms with van der Waals surface area (Å²) in [5, 5.41) is 18.6. The lowest BCUT2D eigenvalue weighted by atomic mass is 9.97. The predicted molar refractivity (Wildman–Crippen MR) is 106 cm³/mol. The van der Waals surface area contributed by atoms with Gasteiger partial charge in [0.25, 0.3) is 0 Å². The lowest BCUT2D eigenvalue weighted by molar-refractivity contribution is 0.228. The maximum Gasteiger partial charge on any atom is 0.148 e. The van der Waals surface area contributed by atoms with Gasteiger partial charge in [-0.2, -0.15) is 0 Å². The van der Waals surface area contributed by atoms with Gasteiger partial charge in [-0.3, -0.25) is 4.90 Å². The van der Waals surface area contributed by atoms with E-state index in [4.69, 9.17) is 4.52 Å². The molecule has 7 heteroatoms. The molecule has 0 aliphatic carbocycles. The van der Waals surface area contributed by atoms with Gasteiger partial charge < -0.3 is 4.52 Å². The van der Waals surface area contributed by atoms with Gasteiger partial charge in [0, 0.05) is 43.7 Å². The van der Waals surface area contributed by atoms with Crippen molar-refractivity contribution in [2.24, 2.45) is 0 Å². The van der Waals surface area contributed by atoms with Gasteiger partial charge in [0.2, 0.25) is 0 Å². The van der Waals surface area contributed by atoms with Gasteiger partial charge >= 0.3 is 0 Å². The lowest BCUT2D eigenvalue weighted by Crippen LogP contribution is -2.31. The van der Waals surface area contributed by atoms with Crippen LogP contribution < -0.4 is 0 Å². The molecule has 0 fully saturated rings. The van der Waals surface area contributed by atoms with Crippen molar-refractivity contribution < 1.29 is 4.52 Å². The van der Waals surface area contributed by atoms with E-state index < -0.39 is 0 Å². The molecule has 2 aromatic carbocycles. The van der Waals surface area contributed by atoms with Gasteiger partial charge in [-0.1, -0.05) is 47.6 Å². The third-order valence-electron chi connectivity index (χ3n) is 5.51. The Morgan fingerprint density at radius 1 is 1.07 bits per heavy atom. The standard InChI is InChI=1S/C21H22N6O/c1-15-22-24-25-27(15)12-5-11-26-13-10-20-19(14-26)21(23-28-20)18-9-4-7-16-6-2-3-8-17(16)18/h2-4,6-9H,5,10-14H2,1H3. The maximum absolute atomic E-state index is 5.71. The van der Waals surface area contributed by atoms with E-state index >= 15 is 0 Å². The molecule has 0 spiro atoms. The van der Waals surface area contributed by atoms with Gasteiger partial charge in [-0.25, -0.2) is 4.68 Å². The Morgan fingerprint density at radius 3 is 2.86 bits per heavy atom. The number of aryl methyl sites for hydroxylation is 2. The molecule has 0 amide bonds. The minimum absolute atomic E-state index is 0.835. The van der Waals surface area contributed by atoms with Crippen LogP contribution in [0.1, 0.15) is 23.6 Å². The molecule has 7 nitrogen and oxygen atoms in total. The SMILES string of the molecule is Cc1nnnn1CCCN1CCc2onc(-c3cccc4ccccc34)c2C1. The number of nitrogens with zero attached hydrogens (tertiary/aromatic N) is 6. The number of benzene rings is 2. The molecule has 5 rings (SSSR count). The van der Waals surface area contributed by atoms with Crippen LogP contribution in [0.4, 0.5) is 0 Å². The Kier molecular flexibility index (Phi) is 4.37. The van der Waals surface area contributed by atoms with Crippen molar-refractivity contribution >= 4 is 10.8 Å². The van der Waals surface area contributed by atoms with Gasteiger partial charge in [0.15, 0.2) is 0 Å². The van der Waals surface area contributed by atoms with Gasteiger partial charge in [0.1, 0.15) is 17.3 Å². The minimum atomic E-state index is 0.835. The molecule has 28 heavy (non-hydrogen) atoms. The zero-order valence-corrected chi connectivity index (χ0v) is 15.9. The molecule has 0 N–H and O–H groups in total. The largest absolute Gasteiger partial charge is 0.360 e. The molecule has 0 saturated carbocycles. The predicted octanol–water partition coefficient (Wildman–Crippen LogP) is 3.24. The van der Waals surface area contributed by atoms with Crippen molar-refractivity contribution in [2.75, 3.05) is 13.1 Å². The average molecular weight is 374 g/mol. The lowest BCUT2D eigenvalue weighted by Gasteiger charge is -2.26. The number of rotatable bonds is 5. The Labute approximate surface area is 162 Å². The topological polar surface area (TPSA) is 72.9 Å². The van der Waals surface area contributed by atoms with E-state index in [9.17, 15) is 0 Å². The van der Waals surface area contributed by atoms with Crippen LogP contribution in [0.15, 0.2) is 47.0 Å². The quantitative estimate of drug-likeness (QED) is 0.534. The second-order valence-corrected chi connectivity index (χ2v) is 7.29. The van der Waals surface area contributed by atoms with Gasteiger partial charge in [-0.05, 0) is 34.5 Å². The molecule has 0 saturated heterocycles. The average Bonchev–Trinajstić information content (AvgIpc) is 3.33. The van der Waals surface area contributed by atoms with E-state index in [2.05, 4.69) is 68.0 Å². The van der Waals surface area contributed by atoms with Crippen molar-refractivity contribution in [3.05, 3.63) is 59.6 Å². The summed E-state index contributed by atoms with van der Waals surface area (Å²) >= 11 is 0. The molecule has 142 valence electrons. The first-order valence-electron chi connectivity index (χ1n) is 9.70. The van der Waals surface area contributed by atoms with Crippen molar-refractivity contribution in [1.29, 1.82) is 0 Å².